The highest BCUT2D eigenvalue weighted by Gasteiger charge is 2.34. The van der Waals surface area contributed by atoms with E-state index in [1.807, 2.05) is 0 Å². The van der Waals surface area contributed by atoms with Gasteiger partial charge in [0.25, 0.3) is 0 Å². The summed E-state index contributed by atoms with van der Waals surface area (Å²) in [5.74, 6) is -1.46. The van der Waals surface area contributed by atoms with Crippen LogP contribution in [0, 0.1) is 30.9 Å². The fourth-order valence-corrected chi connectivity index (χ4v) is 4.22. The van der Waals surface area contributed by atoms with Gasteiger partial charge in [-0.25, -0.2) is 13.5 Å². The average Bonchev–Trinajstić information content (AvgIpc) is 3.53. The van der Waals surface area contributed by atoms with Gasteiger partial charge in [0.05, 0.1) is 5.69 Å². The van der Waals surface area contributed by atoms with Gasteiger partial charge in [0, 0.05) is 11.7 Å². The third-order valence-corrected chi connectivity index (χ3v) is 5.86. The lowest BCUT2D eigenvalue weighted by Gasteiger charge is -2.31. The van der Waals surface area contributed by atoms with Crippen LogP contribution in [0.4, 0.5) is 14.5 Å². The summed E-state index contributed by atoms with van der Waals surface area (Å²) < 4.78 is 29.3. The van der Waals surface area contributed by atoms with Gasteiger partial charge in [0.1, 0.15) is 12.4 Å². The van der Waals surface area contributed by atoms with Crippen molar-refractivity contribution in [1.82, 2.24) is 25.5 Å². The van der Waals surface area contributed by atoms with Gasteiger partial charge in [-0.1, -0.05) is 18.9 Å². The molecule has 34 heavy (non-hydrogen) atoms. The smallest absolute Gasteiger partial charge is 0.303 e. The number of carbonyl (C=O) groups is 2. The first-order chi connectivity index (χ1) is 16.4. The molecule has 2 amide bonds. The maximum atomic E-state index is 14.2. The fourth-order valence-electron chi connectivity index (χ4n) is 4.22. The normalized spacial score (nSPS) is 14.4. The fraction of sp³-hybridized carbons (Fsp3) is 0.292. The topological polar surface area (TPSA) is 93.0 Å². The van der Waals surface area contributed by atoms with Gasteiger partial charge in [-0.05, 0) is 77.6 Å². The maximum Gasteiger partial charge on any atom is 0.303 e. The zero-order chi connectivity index (χ0) is 24.2. The number of aromatic nitrogens is 4. The minimum atomic E-state index is -1.31. The molecule has 0 bridgehead atoms. The van der Waals surface area contributed by atoms with Crippen LogP contribution in [0.2, 0.25) is 0 Å². The Morgan fingerprint density at radius 3 is 2.56 bits per heavy atom. The summed E-state index contributed by atoms with van der Waals surface area (Å²) in [6.45, 7) is 1.78. The Morgan fingerprint density at radius 2 is 1.94 bits per heavy atom. The highest BCUT2D eigenvalue weighted by atomic mass is 19.2. The van der Waals surface area contributed by atoms with Crippen molar-refractivity contribution in [1.29, 1.82) is 0 Å². The lowest BCUT2D eigenvalue weighted by molar-refractivity contribution is -0.125. The van der Waals surface area contributed by atoms with Crippen molar-refractivity contribution >= 4 is 17.5 Å². The molecule has 0 spiro atoms. The van der Waals surface area contributed by atoms with Crippen molar-refractivity contribution in [3.63, 3.8) is 0 Å². The molecular formula is C24H22F2N6O2. The predicted molar refractivity (Wildman–Crippen MR) is 120 cm³/mol. The highest BCUT2D eigenvalue weighted by molar-refractivity contribution is 6.09. The van der Waals surface area contributed by atoms with Crippen molar-refractivity contribution in [2.45, 2.75) is 44.7 Å². The summed E-state index contributed by atoms with van der Waals surface area (Å²) in [7, 11) is 0. The number of aryl methyl sites for hydroxylation is 1. The number of anilines is 1. The number of nitrogens with zero attached hydrogens (tertiary/aromatic N) is 5. The molecule has 1 unspecified atom stereocenters. The van der Waals surface area contributed by atoms with Gasteiger partial charge >= 0.3 is 5.91 Å². The minimum Gasteiger partial charge on any atom is -0.351 e. The first-order valence-electron chi connectivity index (χ1n) is 10.8. The van der Waals surface area contributed by atoms with Crippen LogP contribution >= 0.6 is 0 Å². The van der Waals surface area contributed by atoms with E-state index in [4.69, 9.17) is 6.42 Å². The van der Waals surface area contributed by atoms with Gasteiger partial charge < -0.3 is 5.32 Å². The van der Waals surface area contributed by atoms with E-state index >= 15 is 0 Å². The third-order valence-electron chi connectivity index (χ3n) is 5.86. The number of amides is 2. The zero-order valence-corrected chi connectivity index (χ0v) is 18.4. The van der Waals surface area contributed by atoms with E-state index in [1.165, 1.54) is 17.1 Å². The van der Waals surface area contributed by atoms with Crippen LogP contribution in [0.15, 0.2) is 42.7 Å². The van der Waals surface area contributed by atoms with Crippen LogP contribution in [0.25, 0.3) is 5.69 Å². The van der Waals surface area contributed by atoms with Crippen LogP contribution in [-0.2, 0) is 9.59 Å². The second-order valence-electron chi connectivity index (χ2n) is 8.11. The molecular weight excluding hydrogens is 442 g/mol. The monoisotopic (exact) mass is 464 g/mol. The van der Waals surface area contributed by atoms with E-state index in [-0.39, 0.29) is 11.6 Å². The van der Waals surface area contributed by atoms with Crippen molar-refractivity contribution in [3.8, 4) is 18.0 Å². The number of benzene rings is 2. The largest absolute Gasteiger partial charge is 0.351 e. The van der Waals surface area contributed by atoms with Crippen LogP contribution in [-0.4, -0.2) is 38.1 Å². The Balaban J connectivity index is 1.80. The molecule has 1 aromatic heterocycles. The Hall–Kier alpha value is -4.13. The quantitative estimate of drug-likeness (QED) is 0.566. The van der Waals surface area contributed by atoms with Crippen molar-refractivity contribution in [2.75, 3.05) is 4.90 Å². The number of carbonyl (C=O) groups excluding carboxylic acids is 2. The van der Waals surface area contributed by atoms with Crippen LogP contribution in [0.1, 0.15) is 42.9 Å². The molecule has 2 aromatic carbocycles. The summed E-state index contributed by atoms with van der Waals surface area (Å²) in [6, 6.07) is 6.66. The molecule has 3 aromatic rings. The number of hydrogen-bond donors (Lipinski definition) is 1. The van der Waals surface area contributed by atoms with Gasteiger partial charge in [-0.3, -0.25) is 14.5 Å². The SMILES string of the molecule is C#CC(=O)N(c1ccc(-n2cnnn2)c(C)c1)C(C(=O)NC1CCCC1)c1ccc(F)c(F)c1. The van der Waals surface area contributed by atoms with Gasteiger partial charge in [0.2, 0.25) is 5.91 Å². The van der Waals surface area contributed by atoms with Crippen LogP contribution < -0.4 is 10.2 Å². The zero-order valence-electron chi connectivity index (χ0n) is 18.4. The molecule has 174 valence electrons. The molecule has 1 heterocycles. The summed E-state index contributed by atoms with van der Waals surface area (Å²) in [4.78, 5) is 27.5. The highest BCUT2D eigenvalue weighted by Crippen LogP contribution is 2.32. The third kappa shape index (κ3) is 4.64. The van der Waals surface area contributed by atoms with E-state index in [1.54, 1.807) is 25.1 Å². The lowest BCUT2D eigenvalue weighted by atomic mass is 10.0. The number of hydrogen-bond acceptors (Lipinski definition) is 5. The molecule has 1 N–H and O–H groups in total. The molecule has 1 atom stereocenters. The average molecular weight is 464 g/mol. The molecule has 4 rings (SSSR count). The first kappa shape index (κ1) is 23.0. The molecule has 8 nitrogen and oxygen atoms in total. The van der Waals surface area contributed by atoms with E-state index in [0.29, 0.717) is 16.9 Å². The number of nitrogens with one attached hydrogen (secondary N) is 1. The molecule has 1 saturated carbocycles. The van der Waals surface area contributed by atoms with E-state index in [9.17, 15) is 18.4 Å². The molecule has 0 radical (unpaired) electrons. The Kier molecular flexibility index (Phi) is 6.63. The van der Waals surface area contributed by atoms with Gasteiger partial charge in [-0.15, -0.1) is 11.5 Å². The molecule has 10 heteroatoms. The Bertz CT molecular complexity index is 1250. The second kappa shape index (κ2) is 9.79. The van der Waals surface area contributed by atoms with Crippen LogP contribution in [0.3, 0.4) is 0 Å². The van der Waals surface area contributed by atoms with Crippen molar-refractivity contribution in [2.24, 2.45) is 0 Å². The number of rotatable bonds is 6. The number of terminal acetylenes is 1. The molecule has 1 aliphatic carbocycles. The van der Waals surface area contributed by atoms with Gasteiger partial charge in [-0.2, -0.15) is 0 Å². The summed E-state index contributed by atoms with van der Waals surface area (Å²) in [5, 5.41) is 14.0. The molecule has 0 saturated heterocycles. The van der Waals surface area contributed by atoms with E-state index in [0.717, 1.165) is 42.7 Å². The summed E-state index contributed by atoms with van der Waals surface area (Å²) in [6.07, 6.45) is 10.4. The predicted octanol–water partition coefficient (Wildman–Crippen LogP) is 3.02. The maximum absolute atomic E-state index is 14.2. The van der Waals surface area contributed by atoms with E-state index in [2.05, 4.69) is 26.8 Å². The van der Waals surface area contributed by atoms with Gasteiger partial charge in [0.15, 0.2) is 11.6 Å². The summed E-state index contributed by atoms with van der Waals surface area (Å²) >= 11 is 0. The molecule has 0 aliphatic heterocycles. The first-order valence-corrected chi connectivity index (χ1v) is 10.8. The standard InChI is InChI=1S/C24H22F2N6O2/c1-3-22(33)32(18-9-11-21(15(2)12-18)31-14-27-29-30-31)23(16-8-10-19(25)20(26)13-16)24(34)28-17-6-4-5-7-17/h1,8-14,17,23H,4-7H2,2H3,(H,28,34). The Morgan fingerprint density at radius 1 is 1.18 bits per heavy atom. The van der Waals surface area contributed by atoms with E-state index < -0.39 is 29.5 Å². The Labute approximate surface area is 195 Å². The molecule has 1 fully saturated rings. The molecule has 1 aliphatic rings. The minimum absolute atomic E-state index is 0.0630. The van der Waals surface area contributed by atoms with Crippen LogP contribution in [0.5, 0.6) is 0 Å². The lowest BCUT2D eigenvalue weighted by Crippen LogP contribution is -2.46. The number of halogens is 2. The van der Waals surface area contributed by atoms with Crippen molar-refractivity contribution < 1.29 is 18.4 Å². The number of tetrazole rings is 1. The van der Waals surface area contributed by atoms with Crippen molar-refractivity contribution in [3.05, 3.63) is 65.5 Å². The second-order valence-corrected chi connectivity index (χ2v) is 8.11. The summed E-state index contributed by atoms with van der Waals surface area (Å²) in [5.41, 5.74) is 1.76.